The smallest absolute Gasteiger partial charge is 0.261 e. The van der Waals surface area contributed by atoms with Crippen LogP contribution in [0.25, 0.3) is 16.7 Å². The molecular formula is C24H20N6O3. The van der Waals surface area contributed by atoms with Crippen molar-refractivity contribution in [2.24, 2.45) is 0 Å². The maximum atomic E-state index is 12.8. The maximum absolute atomic E-state index is 12.8. The molecule has 2 N–H and O–H groups in total. The molecule has 1 aliphatic rings. The lowest BCUT2D eigenvalue weighted by Gasteiger charge is -2.28. The van der Waals surface area contributed by atoms with Gasteiger partial charge in [0.1, 0.15) is 5.39 Å². The third-order valence-electron chi connectivity index (χ3n) is 5.64. The van der Waals surface area contributed by atoms with E-state index in [1.165, 1.54) is 18.6 Å². The largest absolute Gasteiger partial charge is 0.322 e. The summed E-state index contributed by atoms with van der Waals surface area (Å²) in [5, 5.41) is 7.53. The molecule has 0 saturated carbocycles. The molecule has 9 nitrogen and oxygen atoms in total. The van der Waals surface area contributed by atoms with E-state index in [0.29, 0.717) is 34.5 Å². The first-order valence-electron chi connectivity index (χ1n) is 10.5. The first kappa shape index (κ1) is 20.4. The van der Waals surface area contributed by atoms with Gasteiger partial charge in [0.2, 0.25) is 5.91 Å². The van der Waals surface area contributed by atoms with Gasteiger partial charge in [-0.25, -0.2) is 9.67 Å². The summed E-state index contributed by atoms with van der Waals surface area (Å²) in [7, 11) is 0. The molecular weight excluding hydrogens is 420 g/mol. The third kappa shape index (κ3) is 3.69. The van der Waals surface area contributed by atoms with Crippen molar-refractivity contribution >= 4 is 34.2 Å². The zero-order valence-electron chi connectivity index (χ0n) is 17.6. The second-order valence-electron chi connectivity index (χ2n) is 7.67. The Kier molecular flexibility index (Phi) is 5.06. The van der Waals surface area contributed by atoms with Crippen molar-refractivity contribution in [2.45, 2.75) is 12.8 Å². The highest BCUT2D eigenvalue weighted by atomic mass is 16.2. The Labute approximate surface area is 188 Å². The Morgan fingerprint density at radius 3 is 2.76 bits per heavy atom. The molecule has 0 spiro atoms. The molecule has 4 aromatic rings. The van der Waals surface area contributed by atoms with E-state index in [2.05, 4.69) is 27.0 Å². The summed E-state index contributed by atoms with van der Waals surface area (Å²) in [5.74, 6) is -0.381. The molecule has 2 aromatic carbocycles. The van der Waals surface area contributed by atoms with Crippen molar-refractivity contribution in [3.05, 3.63) is 89.1 Å². The molecule has 0 aliphatic carbocycles. The fraction of sp³-hybridized carbons (Fsp3) is 0.125. The van der Waals surface area contributed by atoms with Gasteiger partial charge in [-0.05, 0) is 66.9 Å². The lowest BCUT2D eigenvalue weighted by Crippen LogP contribution is -2.34. The molecule has 0 saturated heterocycles. The minimum Gasteiger partial charge on any atom is -0.322 e. The number of anilines is 2. The molecule has 33 heavy (non-hydrogen) atoms. The van der Waals surface area contributed by atoms with Crippen LogP contribution in [0.15, 0.2) is 72.4 Å². The Morgan fingerprint density at radius 1 is 1.15 bits per heavy atom. The van der Waals surface area contributed by atoms with Gasteiger partial charge < -0.3 is 15.2 Å². The molecule has 0 bridgehead atoms. The summed E-state index contributed by atoms with van der Waals surface area (Å²) >= 11 is 0. The van der Waals surface area contributed by atoms with Crippen molar-refractivity contribution in [3.63, 3.8) is 0 Å². The topological polar surface area (TPSA) is 113 Å². The van der Waals surface area contributed by atoms with Crippen LogP contribution in [0.4, 0.5) is 11.4 Å². The molecule has 3 heterocycles. The molecule has 9 heteroatoms. The number of H-pyrrole nitrogens is 1. The average Bonchev–Trinajstić information content (AvgIpc) is 3.29. The minimum atomic E-state index is -0.253. The number of nitrogens with zero attached hydrogens (tertiary/aromatic N) is 4. The summed E-state index contributed by atoms with van der Waals surface area (Å²) in [6.45, 7) is 4.21. The van der Waals surface area contributed by atoms with Gasteiger partial charge in [-0.15, -0.1) is 0 Å². The quantitative estimate of drug-likeness (QED) is 0.474. The number of carbonyl (C=O) groups is 2. The van der Waals surface area contributed by atoms with Crippen molar-refractivity contribution in [1.82, 2.24) is 19.7 Å². The van der Waals surface area contributed by atoms with E-state index < -0.39 is 0 Å². The number of carbonyl (C=O) groups excluding carboxylic acids is 2. The number of hydrogen-bond donors (Lipinski definition) is 2. The number of fused-ring (bicyclic) bond motifs is 2. The van der Waals surface area contributed by atoms with E-state index in [4.69, 9.17) is 0 Å². The predicted molar refractivity (Wildman–Crippen MR) is 125 cm³/mol. The highest BCUT2D eigenvalue weighted by Crippen LogP contribution is 2.28. The number of benzene rings is 2. The molecule has 0 atom stereocenters. The molecule has 2 aromatic heterocycles. The van der Waals surface area contributed by atoms with Gasteiger partial charge in [0.05, 0.1) is 18.2 Å². The zero-order chi connectivity index (χ0) is 22.9. The van der Waals surface area contributed by atoms with Crippen LogP contribution in [0.2, 0.25) is 0 Å². The SMILES string of the molecule is C=CC(=O)N1CCCc2cc(C(=O)Nc3ccc(-n4ncc5c(=O)[nH]cnc54)cc3)ccc21. The van der Waals surface area contributed by atoms with Crippen LogP contribution in [0.5, 0.6) is 0 Å². The van der Waals surface area contributed by atoms with E-state index in [0.717, 1.165) is 24.1 Å². The summed E-state index contributed by atoms with van der Waals surface area (Å²) in [6.07, 6.45) is 5.75. The van der Waals surface area contributed by atoms with Crippen LogP contribution < -0.4 is 15.8 Å². The van der Waals surface area contributed by atoms with Crippen molar-refractivity contribution in [1.29, 1.82) is 0 Å². The van der Waals surface area contributed by atoms with Gasteiger partial charge in [0, 0.05) is 23.5 Å². The van der Waals surface area contributed by atoms with Crippen LogP contribution in [0, 0.1) is 0 Å². The van der Waals surface area contributed by atoms with Crippen LogP contribution in [0.1, 0.15) is 22.3 Å². The summed E-state index contributed by atoms with van der Waals surface area (Å²) in [6, 6.07) is 12.5. The predicted octanol–water partition coefficient (Wildman–Crippen LogP) is 2.83. The van der Waals surface area contributed by atoms with Gasteiger partial charge in [-0.2, -0.15) is 5.10 Å². The van der Waals surface area contributed by atoms with Crippen molar-refractivity contribution in [3.8, 4) is 5.69 Å². The van der Waals surface area contributed by atoms with E-state index >= 15 is 0 Å². The summed E-state index contributed by atoms with van der Waals surface area (Å²) in [5.41, 5.74) is 3.84. The average molecular weight is 440 g/mol. The molecule has 1 aliphatic heterocycles. The van der Waals surface area contributed by atoms with E-state index in [1.54, 1.807) is 39.9 Å². The fourth-order valence-corrected chi connectivity index (χ4v) is 4.01. The van der Waals surface area contributed by atoms with E-state index in [-0.39, 0.29) is 17.4 Å². The zero-order valence-corrected chi connectivity index (χ0v) is 17.6. The van der Waals surface area contributed by atoms with Gasteiger partial charge in [0.15, 0.2) is 5.65 Å². The van der Waals surface area contributed by atoms with Gasteiger partial charge in [0.25, 0.3) is 11.5 Å². The molecule has 2 amide bonds. The van der Waals surface area contributed by atoms with Gasteiger partial charge in [-0.3, -0.25) is 14.4 Å². The molecule has 0 radical (unpaired) electrons. The summed E-state index contributed by atoms with van der Waals surface area (Å²) < 4.78 is 1.57. The van der Waals surface area contributed by atoms with Crippen molar-refractivity contribution in [2.75, 3.05) is 16.8 Å². The number of aromatic amines is 1. The van der Waals surface area contributed by atoms with Crippen LogP contribution in [-0.2, 0) is 11.2 Å². The fourth-order valence-electron chi connectivity index (χ4n) is 4.01. The number of hydrogen-bond acceptors (Lipinski definition) is 5. The number of aryl methyl sites for hydroxylation is 1. The van der Waals surface area contributed by atoms with Crippen molar-refractivity contribution < 1.29 is 9.59 Å². The molecule has 0 fully saturated rings. The lowest BCUT2D eigenvalue weighted by molar-refractivity contribution is -0.114. The second kappa shape index (κ2) is 8.19. The number of amides is 2. The van der Waals surface area contributed by atoms with E-state index in [9.17, 15) is 14.4 Å². The highest BCUT2D eigenvalue weighted by molar-refractivity contribution is 6.06. The Morgan fingerprint density at radius 2 is 1.97 bits per heavy atom. The molecule has 0 unspecified atom stereocenters. The standard InChI is InChI=1S/C24H20N6O3/c1-2-21(31)29-11-3-4-15-12-16(5-10-20(15)29)23(32)28-17-6-8-18(9-7-17)30-22-19(13-27-30)24(33)26-14-25-22/h2,5-10,12-14H,1,3-4,11H2,(H,28,32)(H,25,26,33). The van der Waals surface area contributed by atoms with Crippen LogP contribution in [0.3, 0.4) is 0 Å². The van der Waals surface area contributed by atoms with E-state index in [1.807, 2.05) is 12.1 Å². The first-order chi connectivity index (χ1) is 16.0. The highest BCUT2D eigenvalue weighted by Gasteiger charge is 2.22. The van der Waals surface area contributed by atoms with Gasteiger partial charge >= 0.3 is 0 Å². The monoisotopic (exact) mass is 440 g/mol. The van der Waals surface area contributed by atoms with Crippen LogP contribution >= 0.6 is 0 Å². The number of aromatic nitrogens is 4. The number of nitrogens with one attached hydrogen (secondary N) is 2. The Balaban J connectivity index is 1.35. The van der Waals surface area contributed by atoms with Gasteiger partial charge in [-0.1, -0.05) is 6.58 Å². The Hall–Kier alpha value is -4.53. The Bertz CT molecular complexity index is 1450. The molecule has 5 rings (SSSR count). The molecule has 164 valence electrons. The normalized spacial score (nSPS) is 12.9. The third-order valence-corrected chi connectivity index (χ3v) is 5.64. The first-order valence-corrected chi connectivity index (χ1v) is 10.5. The maximum Gasteiger partial charge on any atom is 0.261 e. The van der Waals surface area contributed by atoms with Crippen LogP contribution in [-0.4, -0.2) is 38.1 Å². The summed E-state index contributed by atoms with van der Waals surface area (Å²) in [4.78, 5) is 45.2. The minimum absolute atomic E-state index is 0.141. The lowest BCUT2D eigenvalue weighted by atomic mass is 9.98. The second-order valence-corrected chi connectivity index (χ2v) is 7.67. The number of rotatable bonds is 4.